The first-order valence-electron chi connectivity index (χ1n) is 6.13. The van der Waals surface area contributed by atoms with Gasteiger partial charge in [-0.15, -0.1) is 0 Å². The van der Waals surface area contributed by atoms with Gasteiger partial charge in [-0.1, -0.05) is 6.92 Å². The van der Waals surface area contributed by atoms with Crippen molar-refractivity contribution in [2.75, 3.05) is 38.2 Å². The molecule has 0 N–H and O–H groups in total. The van der Waals surface area contributed by atoms with Crippen molar-refractivity contribution in [3.8, 4) is 5.75 Å². The van der Waals surface area contributed by atoms with E-state index in [0.29, 0.717) is 18.1 Å². The van der Waals surface area contributed by atoms with E-state index in [1.165, 1.54) is 0 Å². The Hall–Kier alpha value is -1.85. The van der Waals surface area contributed by atoms with E-state index >= 15 is 0 Å². The summed E-state index contributed by atoms with van der Waals surface area (Å²) in [6, 6.07) is 0. The molecule has 0 spiro atoms. The van der Waals surface area contributed by atoms with Crippen LogP contribution in [0, 0.1) is 0 Å². The standard InChI is InChI=1S/C12H18N4O2/c1-3-11(17)15-4-6-16(7-5-15)12-13-8-10(18-2)9-14-12/h8-9H,3-7H2,1-2H3. The highest BCUT2D eigenvalue weighted by molar-refractivity contribution is 5.76. The first-order chi connectivity index (χ1) is 8.74. The first kappa shape index (κ1) is 12.6. The monoisotopic (exact) mass is 250 g/mol. The molecular weight excluding hydrogens is 232 g/mol. The van der Waals surface area contributed by atoms with Crippen LogP contribution >= 0.6 is 0 Å². The maximum Gasteiger partial charge on any atom is 0.225 e. The van der Waals surface area contributed by atoms with Crippen molar-refractivity contribution in [2.45, 2.75) is 13.3 Å². The van der Waals surface area contributed by atoms with Crippen molar-refractivity contribution in [3.63, 3.8) is 0 Å². The van der Waals surface area contributed by atoms with E-state index in [2.05, 4.69) is 14.9 Å². The average Bonchev–Trinajstić information content (AvgIpc) is 2.47. The molecule has 2 rings (SSSR count). The summed E-state index contributed by atoms with van der Waals surface area (Å²) in [4.78, 5) is 24.0. The molecule has 0 unspecified atom stereocenters. The second-order valence-electron chi connectivity index (χ2n) is 4.14. The van der Waals surface area contributed by atoms with Crippen LogP contribution in [0.4, 0.5) is 5.95 Å². The molecule has 6 heteroatoms. The van der Waals surface area contributed by atoms with Gasteiger partial charge in [-0.25, -0.2) is 9.97 Å². The van der Waals surface area contributed by atoms with Gasteiger partial charge in [0.2, 0.25) is 11.9 Å². The number of piperazine rings is 1. The lowest BCUT2D eigenvalue weighted by Crippen LogP contribution is -2.49. The fourth-order valence-corrected chi connectivity index (χ4v) is 1.96. The van der Waals surface area contributed by atoms with Crippen molar-refractivity contribution in [1.29, 1.82) is 0 Å². The molecular formula is C12H18N4O2. The van der Waals surface area contributed by atoms with Gasteiger partial charge < -0.3 is 14.5 Å². The van der Waals surface area contributed by atoms with E-state index in [-0.39, 0.29) is 5.91 Å². The number of hydrogen-bond donors (Lipinski definition) is 0. The number of nitrogens with zero attached hydrogens (tertiary/aromatic N) is 4. The summed E-state index contributed by atoms with van der Waals surface area (Å²) in [6.45, 7) is 4.92. The number of anilines is 1. The molecule has 0 aliphatic carbocycles. The summed E-state index contributed by atoms with van der Waals surface area (Å²) >= 11 is 0. The van der Waals surface area contributed by atoms with E-state index < -0.39 is 0 Å². The number of methoxy groups -OCH3 is 1. The molecule has 2 heterocycles. The average molecular weight is 250 g/mol. The number of aromatic nitrogens is 2. The molecule has 1 fully saturated rings. The number of rotatable bonds is 3. The van der Waals surface area contributed by atoms with Crippen LogP contribution in [0.3, 0.4) is 0 Å². The van der Waals surface area contributed by atoms with E-state index in [4.69, 9.17) is 4.74 Å². The van der Waals surface area contributed by atoms with Crippen LogP contribution < -0.4 is 9.64 Å². The molecule has 1 aromatic rings. The summed E-state index contributed by atoms with van der Waals surface area (Å²) in [5.74, 6) is 1.56. The van der Waals surface area contributed by atoms with E-state index in [0.717, 1.165) is 26.2 Å². The Kier molecular flexibility index (Phi) is 3.96. The lowest BCUT2D eigenvalue weighted by molar-refractivity contribution is -0.131. The number of ether oxygens (including phenoxy) is 1. The fourth-order valence-electron chi connectivity index (χ4n) is 1.96. The second-order valence-corrected chi connectivity index (χ2v) is 4.14. The number of carbonyl (C=O) groups excluding carboxylic acids is 1. The number of amides is 1. The van der Waals surface area contributed by atoms with Crippen LogP contribution in [0.5, 0.6) is 5.75 Å². The Bertz CT molecular complexity index is 399. The van der Waals surface area contributed by atoms with Gasteiger partial charge in [-0.2, -0.15) is 0 Å². The molecule has 18 heavy (non-hydrogen) atoms. The van der Waals surface area contributed by atoms with Gasteiger partial charge in [0.1, 0.15) is 0 Å². The molecule has 1 aliphatic heterocycles. The van der Waals surface area contributed by atoms with Crippen molar-refractivity contribution >= 4 is 11.9 Å². The summed E-state index contributed by atoms with van der Waals surface area (Å²) in [5.41, 5.74) is 0. The molecule has 1 amide bonds. The third-order valence-corrected chi connectivity index (χ3v) is 3.07. The summed E-state index contributed by atoms with van der Waals surface area (Å²) in [6.07, 6.45) is 3.89. The molecule has 98 valence electrons. The van der Waals surface area contributed by atoms with Crippen LogP contribution in [0.15, 0.2) is 12.4 Å². The van der Waals surface area contributed by atoms with Crippen LogP contribution in [-0.4, -0.2) is 54.1 Å². The molecule has 0 atom stereocenters. The van der Waals surface area contributed by atoms with Crippen molar-refractivity contribution < 1.29 is 9.53 Å². The Morgan fingerprint density at radius 2 is 1.89 bits per heavy atom. The molecule has 0 bridgehead atoms. The number of carbonyl (C=O) groups is 1. The topological polar surface area (TPSA) is 58.6 Å². The van der Waals surface area contributed by atoms with Crippen LogP contribution in [0.25, 0.3) is 0 Å². The van der Waals surface area contributed by atoms with E-state index in [1.807, 2.05) is 11.8 Å². The van der Waals surface area contributed by atoms with Gasteiger partial charge in [0.05, 0.1) is 19.5 Å². The first-order valence-corrected chi connectivity index (χ1v) is 6.13. The second kappa shape index (κ2) is 5.66. The molecule has 0 saturated carbocycles. The zero-order valence-corrected chi connectivity index (χ0v) is 10.8. The Morgan fingerprint density at radius 3 is 2.39 bits per heavy atom. The van der Waals surface area contributed by atoms with Crippen LogP contribution in [0.2, 0.25) is 0 Å². The fraction of sp³-hybridized carbons (Fsp3) is 0.583. The van der Waals surface area contributed by atoms with Gasteiger partial charge in [-0.05, 0) is 0 Å². The SMILES string of the molecule is CCC(=O)N1CCN(c2ncc(OC)cn2)CC1. The van der Waals surface area contributed by atoms with Crippen molar-refractivity contribution in [3.05, 3.63) is 12.4 Å². The van der Waals surface area contributed by atoms with Gasteiger partial charge in [-0.3, -0.25) is 4.79 Å². The maximum absolute atomic E-state index is 11.6. The normalized spacial score (nSPS) is 15.7. The van der Waals surface area contributed by atoms with Gasteiger partial charge in [0.15, 0.2) is 5.75 Å². The molecule has 0 radical (unpaired) electrons. The zero-order chi connectivity index (χ0) is 13.0. The highest BCUT2D eigenvalue weighted by atomic mass is 16.5. The predicted molar refractivity (Wildman–Crippen MR) is 67.7 cm³/mol. The largest absolute Gasteiger partial charge is 0.494 e. The minimum atomic E-state index is 0.213. The van der Waals surface area contributed by atoms with Gasteiger partial charge in [0, 0.05) is 32.6 Å². The summed E-state index contributed by atoms with van der Waals surface area (Å²) in [7, 11) is 1.59. The predicted octanol–water partition coefficient (Wildman–Crippen LogP) is 0.544. The van der Waals surface area contributed by atoms with Crippen molar-refractivity contribution in [1.82, 2.24) is 14.9 Å². The third kappa shape index (κ3) is 2.69. The van der Waals surface area contributed by atoms with Crippen LogP contribution in [-0.2, 0) is 4.79 Å². The minimum absolute atomic E-state index is 0.213. The van der Waals surface area contributed by atoms with E-state index in [9.17, 15) is 4.79 Å². The third-order valence-electron chi connectivity index (χ3n) is 3.07. The Morgan fingerprint density at radius 1 is 1.28 bits per heavy atom. The smallest absolute Gasteiger partial charge is 0.225 e. The zero-order valence-electron chi connectivity index (χ0n) is 10.8. The minimum Gasteiger partial charge on any atom is -0.494 e. The van der Waals surface area contributed by atoms with Crippen LogP contribution in [0.1, 0.15) is 13.3 Å². The molecule has 1 aromatic heterocycles. The Balaban J connectivity index is 1.94. The molecule has 1 aliphatic rings. The molecule has 1 saturated heterocycles. The highest BCUT2D eigenvalue weighted by Crippen LogP contribution is 2.13. The Labute approximate surface area is 107 Å². The van der Waals surface area contributed by atoms with E-state index in [1.54, 1.807) is 19.5 Å². The molecule has 6 nitrogen and oxygen atoms in total. The quantitative estimate of drug-likeness (QED) is 0.784. The van der Waals surface area contributed by atoms with Gasteiger partial charge >= 0.3 is 0 Å². The lowest BCUT2D eigenvalue weighted by Gasteiger charge is -2.34. The van der Waals surface area contributed by atoms with Crippen molar-refractivity contribution in [2.24, 2.45) is 0 Å². The highest BCUT2D eigenvalue weighted by Gasteiger charge is 2.21. The van der Waals surface area contributed by atoms with Gasteiger partial charge in [0.25, 0.3) is 0 Å². The number of hydrogen-bond acceptors (Lipinski definition) is 5. The summed E-state index contributed by atoms with van der Waals surface area (Å²) < 4.78 is 5.02. The molecule has 0 aromatic carbocycles. The lowest BCUT2D eigenvalue weighted by atomic mass is 10.3. The maximum atomic E-state index is 11.6. The summed E-state index contributed by atoms with van der Waals surface area (Å²) in [5, 5.41) is 0.